The van der Waals surface area contributed by atoms with Crippen LogP contribution in [0.5, 0.6) is 11.5 Å². The molecule has 0 fully saturated rings. The Bertz CT molecular complexity index is 738. The van der Waals surface area contributed by atoms with E-state index in [0.29, 0.717) is 4.47 Å². The molecule has 0 radical (unpaired) electrons. The third-order valence-electron chi connectivity index (χ3n) is 2.47. The molecule has 2 rings (SSSR count). The minimum Gasteiger partial charge on any atom is -0.478 e. The van der Waals surface area contributed by atoms with Crippen LogP contribution in [0.2, 0.25) is 5.02 Å². The number of ether oxygens (including phenoxy) is 1. The zero-order chi connectivity index (χ0) is 15.7. The molecule has 0 amide bonds. The molecule has 0 bridgehead atoms. The van der Waals surface area contributed by atoms with Gasteiger partial charge in [0.05, 0.1) is 19.5 Å². The fourth-order valence-electron chi connectivity index (χ4n) is 1.48. The van der Waals surface area contributed by atoms with Gasteiger partial charge in [-0.3, -0.25) is 0 Å². The molecule has 0 heterocycles. The smallest absolute Gasteiger partial charge is 0.336 e. The average molecular weight is 442 g/mol. The molecule has 21 heavy (non-hydrogen) atoms. The topological polar surface area (TPSA) is 46.5 Å². The van der Waals surface area contributed by atoms with Gasteiger partial charge in [-0.1, -0.05) is 11.6 Å². The molecule has 0 saturated carbocycles. The Hall–Kier alpha value is -1.18. The molecular weight excluding hydrogens is 437 g/mol. The summed E-state index contributed by atoms with van der Waals surface area (Å²) in [6.45, 7) is 0. The summed E-state index contributed by atoms with van der Waals surface area (Å²) in [5.74, 6) is -3.17. The number of rotatable bonds is 3. The van der Waals surface area contributed by atoms with Crippen molar-refractivity contribution in [2.75, 3.05) is 0 Å². The predicted octanol–water partition coefficient (Wildman–Crippen LogP) is 5.63. The van der Waals surface area contributed by atoms with Gasteiger partial charge in [-0.2, -0.15) is 0 Å². The molecular formula is C13H5Br2ClF2O3. The van der Waals surface area contributed by atoms with E-state index in [1.54, 1.807) is 0 Å². The molecule has 110 valence electrons. The first-order valence-corrected chi connectivity index (χ1v) is 7.31. The lowest BCUT2D eigenvalue weighted by molar-refractivity contribution is 0.0695. The lowest BCUT2D eigenvalue weighted by Crippen LogP contribution is -2.01. The maximum atomic E-state index is 14.0. The van der Waals surface area contributed by atoms with Crippen molar-refractivity contribution in [1.29, 1.82) is 0 Å². The third-order valence-corrected chi connectivity index (χ3v) is 4.16. The van der Waals surface area contributed by atoms with E-state index >= 15 is 0 Å². The van der Waals surface area contributed by atoms with E-state index in [2.05, 4.69) is 31.9 Å². The monoisotopic (exact) mass is 440 g/mol. The van der Waals surface area contributed by atoms with Gasteiger partial charge in [-0.15, -0.1) is 0 Å². The molecule has 0 aliphatic heterocycles. The molecule has 3 nitrogen and oxygen atoms in total. The van der Waals surface area contributed by atoms with E-state index in [4.69, 9.17) is 21.4 Å². The second-order valence-corrected chi connectivity index (χ2v) is 5.90. The number of benzene rings is 2. The molecule has 2 aromatic carbocycles. The van der Waals surface area contributed by atoms with Gasteiger partial charge in [0, 0.05) is 6.07 Å². The molecule has 0 saturated heterocycles. The highest BCUT2D eigenvalue weighted by Gasteiger charge is 2.18. The van der Waals surface area contributed by atoms with Crippen LogP contribution in [0.15, 0.2) is 33.2 Å². The van der Waals surface area contributed by atoms with E-state index in [1.165, 1.54) is 12.1 Å². The van der Waals surface area contributed by atoms with Crippen molar-refractivity contribution in [3.8, 4) is 11.5 Å². The number of carbonyl (C=O) groups is 1. The number of carboxylic acids is 1. The molecule has 0 spiro atoms. The lowest BCUT2D eigenvalue weighted by atomic mass is 10.2. The SMILES string of the molecule is O=C(O)c1ccc(Oc2cc(F)c(Cl)cc2Br)c(F)c1Br. The van der Waals surface area contributed by atoms with Crippen LogP contribution in [0.1, 0.15) is 10.4 Å². The van der Waals surface area contributed by atoms with Gasteiger partial charge in [0.1, 0.15) is 11.6 Å². The highest BCUT2D eigenvalue weighted by Crippen LogP contribution is 2.36. The van der Waals surface area contributed by atoms with Crippen LogP contribution in [-0.2, 0) is 0 Å². The van der Waals surface area contributed by atoms with Crippen LogP contribution in [0.4, 0.5) is 8.78 Å². The summed E-state index contributed by atoms with van der Waals surface area (Å²) in [4.78, 5) is 10.9. The summed E-state index contributed by atoms with van der Waals surface area (Å²) in [5, 5.41) is 8.76. The fourth-order valence-corrected chi connectivity index (χ4v) is 2.69. The van der Waals surface area contributed by atoms with Crippen LogP contribution in [0.25, 0.3) is 0 Å². The first kappa shape index (κ1) is 16.2. The zero-order valence-electron chi connectivity index (χ0n) is 9.96. The van der Waals surface area contributed by atoms with Crippen molar-refractivity contribution in [3.05, 3.63) is 55.4 Å². The molecule has 8 heteroatoms. The Labute approximate surface area is 139 Å². The van der Waals surface area contributed by atoms with Gasteiger partial charge in [0.25, 0.3) is 0 Å². The summed E-state index contributed by atoms with van der Waals surface area (Å²) in [7, 11) is 0. The van der Waals surface area contributed by atoms with Crippen molar-refractivity contribution in [3.63, 3.8) is 0 Å². The van der Waals surface area contributed by atoms with Crippen LogP contribution >= 0.6 is 43.5 Å². The highest BCUT2D eigenvalue weighted by molar-refractivity contribution is 9.10. The van der Waals surface area contributed by atoms with Crippen molar-refractivity contribution in [1.82, 2.24) is 0 Å². The Morgan fingerprint density at radius 1 is 1.19 bits per heavy atom. The average Bonchev–Trinajstić information content (AvgIpc) is 2.40. The molecule has 0 atom stereocenters. The number of hydrogen-bond acceptors (Lipinski definition) is 2. The quantitative estimate of drug-likeness (QED) is 0.627. The molecule has 0 unspecified atom stereocenters. The van der Waals surface area contributed by atoms with Crippen LogP contribution in [-0.4, -0.2) is 11.1 Å². The van der Waals surface area contributed by atoms with Crippen molar-refractivity contribution < 1.29 is 23.4 Å². The molecule has 1 N–H and O–H groups in total. The van der Waals surface area contributed by atoms with E-state index in [0.717, 1.165) is 12.1 Å². The van der Waals surface area contributed by atoms with Crippen molar-refractivity contribution >= 4 is 49.4 Å². The number of halogens is 5. The zero-order valence-corrected chi connectivity index (χ0v) is 13.9. The van der Waals surface area contributed by atoms with E-state index in [9.17, 15) is 13.6 Å². The van der Waals surface area contributed by atoms with Gasteiger partial charge < -0.3 is 9.84 Å². The predicted molar refractivity (Wildman–Crippen MR) is 80.2 cm³/mol. The lowest BCUT2D eigenvalue weighted by Gasteiger charge is -2.11. The minimum atomic E-state index is -1.29. The van der Waals surface area contributed by atoms with Crippen LogP contribution < -0.4 is 4.74 Å². The van der Waals surface area contributed by atoms with Gasteiger partial charge in [0.2, 0.25) is 0 Å². The second kappa shape index (κ2) is 6.29. The highest BCUT2D eigenvalue weighted by atomic mass is 79.9. The van der Waals surface area contributed by atoms with E-state index in [1.807, 2.05) is 0 Å². The van der Waals surface area contributed by atoms with Crippen LogP contribution in [0, 0.1) is 11.6 Å². The summed E-state index contributed by atoms with van der Waals surface area (Å²) >= 11 is 11.6. The largest absolute Gasteiger partial charge is 0.478 e. The standard InChI is InChI=1S/C13H5Br2ClF2O3/c14-6-3-7(16)8(17)4-10(6)21-9-2-1-5(13(19)20)11(15)12(9)18/h1-4H,(H,19,20). The van der Waals surface area contributed by atoms with Gasteiger partial charge in [-0.25, -0.2) is 13.6 Å². The summed E-state index contributed by atoms with van der Waals surface area (Å²) in [6.07, 6.45) is 0. The van der Waals surface area contributed by atoms with Gasteiger partial charge in [-0.05, 0) is 50.1 Å². The molecule has 0 aromatic heterocycles. The maximum absolute atomic E-state index is 14.0. The Balaban J connectivity index is 2.43. The maximum Gasteiger partial charge on any atom is 0.336 e. The Kier molecular flexibility index (Phi) is 4.85. The Morgan fingerprint density at radius 3 is 2.48 bits per heavy atom. The van der Waals surface area contributed by atoms with Crippen molar-refractivity contribution in [2.24, 2.45) is 0 Å². The molecule has 2 aromatic rings. The molecule has 0 aliphatic rings. The number of aromatic carboxylic acids is 1. The summed E-state index contributed by atoms with van der Waals surface area (Å²) in [5.41, 5.74) is -0.249. The van der Waals surface area contributed by atoms with Gasteiger partial charge in [0.15, 0.2) is 11.6 Å². The first-order valence-electron chi connectivity index (χ1n) is 5.35. The van der Waals surface area contributed by atoms with Gasteiger partial charge >= 0.3 is 5.97 Å². The normalized spacial score (nSPS) is 10.5. The third kappa shape index (κ3) is 3.36. The number of hydrogen-bond donors (Lipinski definition) is 1. The molecule has 0 aliphatic carbocycles. The van der Waals surface area contributed by atoms with Crippen LogP contribution in [0.3, 0.4) is 0 Å². The summed E-state index contributed by atoms with van der Waals surface area (Å²) < 4.78 is 32.8. The second-order valence-electron chi connectivity index (χ2n) is 3.84. The van der Waals surface area contributed by atoms with E-state index in [-0.39, 0.29) is 26.6 Å². The Morgan fingerprint density at radius 2 is 1.86 bits per heavy atom. The summed E-state index contributed by atoms with van der Waals surface area (Å²) in [6, 6.07) is 4.57. The fraction of sp³-hybridized carbons (Fsp3) is 0. The van der Waals surface area contributed by atoms with E-state index < -0.39 is 17.6 Å². The van der Waals surface area contributed by atoms with Crippen molar-refractivity contribution in [2.45, 2.75) is 0 Å². The first-order chi connectivity index (χ1) is 9.81. The minimum absolute atomic E-state index is 0.00535. The number of carboxylic acid groups (broad SMARTS) is 1.